The van der Waals surface area contributed by atoms with Gasteiger partial charge in [-0.2, -0.15) is 0 Å². The van der Waals surface area contributed by atoms with Crippen LogP contribution in [0.15, 0.2) is 0 Å². The van der Waals surface area contributed by atoms with Crippen molar-refractivity contribution in [3.63, 3.8) is 0 Å². The molecule has 0 aromatic heterocycles. The molecule has 0 amide bonds. The molecule has 0 nitrogen and oxygen atoms in total. The van der Waals surface area contributed by atoms with Crippen LogP contribution in [0.2, 0.25) is 0 Å². The third-order valence-corrected chi connectivity index (χ3v) is 0. The fraction of sp³-hybridized carbons (Fsp3) is 0. The first-order chi connectivity index (χ1) is 0. The molecule has 4 heteroatoms. The Labute approximate surface area is 68.5 Å². The van der Waals surface area contributed by atoms with Crippen LogP contribution in [-0.4, -0.2) is 10.1 Å². The Morgan fingerprint density at radius 1 is 1.00 bits per heavy atom. The molecule has 0 aliphatic rings. The minimum absolute atomic E-state index is 0. The molecular formula is H2BeCu2Ti. The van der Waals surface area contributed by atoms with Crippen LogP contribution >= 0.6 is 0 Å². The molecule has 0 aromatic carbocycles. The average molecular weight is 186 g/mol. The van der Waals surface area contributed by atoms with Gasteiger partial charge in [-0.1, -0.05) is 0 Å². The topological polar surface area (TPSA) is 0 Å². The van der Waals surface area contributed by atoms with Crippen LogP contribution in [0.25, 0.3) is 0 Å². The Hall–Kier alpha value is 1.92. The number of hydrogen-bond donors (Lipinski definition) is 0. The molecule has 0 spiro atoms. The van der Waals surface area contributed by atoms with Crippen molar-refractivity contribution in [2.24, 2.45) is 0 Å². The molecule has 0 fully saturated rings. The summed E-state index contributed by atoms with van der Waals surface area (Å²) >= 11 is 0. The fourth-order valence-corrected chi connectivity index (χ4v) is 0. The van der Waals surface area contributed by atoms with Crippen molar-refractivity contribution in [2.45, 2.75) is 0 Å². The van der Waals surface area contributed by atoms with Gasteiger partial charge in [0.15, 0.2) is 0 Å². The van der Waals surface area contributed by atoms with Gasteiger partial charge in [-0.05, 0) is 0 Å². The van der Waals surface area contributed by atoms with E-state index in [1.807, 2.05) is 0 Å². The first-order valence-corrected chi connectivity index (χ1v) is 0. The second-order valence-electron chi connectivity index (χ2n) is 0. The van der Waals surface area contributed by atoms with E-state index in [9.17, 15) is 0 Å². The van der Waals surface area contributed by atoms with Crippen LogP contribution in [0, 0.1) is 0 Å². The van der Waals surface area contributed by atoms with E-state index in [0.29, 0.717) is 0 Å². The van der Waals surface area contributed by atoms with Crippen molar-refractivity contribution in [2.75, 3.05) is 0 Å². The van der Waals surface area contributed by atoms with Crippen LogP contribution in [0.4, 0.5) is 0 Å². The maximum absolute atomic E-state index is 0. The molecule has 0 saturated heterocycles. The summed E-state index contributed by atoms with van der Waals surface area (Å²) in [6.07, 6.45) is 0. The van der Waals surface area contributed by atoms with Crippen LogP contribution < -0.4 is 0 Å². The molecule has 0 aromatic rings. The summed E-state index contributed by atoms with van der Waals surface area (Å²) in [5.41, 5.74) is 0. The van der Waals surface area contributed by atoms with E-state index in [0.717, 1.165) is 0 Å². The first-order valence-electron chi connectivity index (χ1n) is 0. The molecule has 2 radical (unpaired) electrons. The minimum Gasteiger partial charge on any atom is -1.00 e. The first kappa shape index (κ1) is 38.8. The fourth-order valence-electron chi connectivity index (χ4n) is 0. The Morgan fingerprint density at radius 3 is 1.00 bits per heavy atom. The Balaban J connectivity index is 0. The summed E-state index contributed by atoms with van der Waals surface area (Å²) in [6.45, 7) is 0. The van der Waals surface area contributed by atoms with Crippen molar-refractivity contribution < 1.29 is 58.7 Å². The van der Waals surface area contributed by atoms with Gasteiger partial charge in [0.2, 0.25) is 0 Å². The Kier molecular flexibility index (Phi) is 199. The van der Waals surface area contributed by atoms with E-state index in [-0.39, 0.29) is 68.8 Å². The second kappa shape index (κ2) is 20.5. The van der Waals surface area contributed by atoms with Crippen LogP contribution in [0.3, 0.4) is 0 Å². The Bertz CT molecular complexity index is 11.5. The van der Waals surface area contributed by atoms with E-state index in [4.69, 9.17) is 0 Å². The molecule has 0 heterocycles. The largest absolute Gasteiger partial charge is 2.00 e. The van der Waals surface area contributed by atoms with E-state index in [1.165, 1.54) is 0 Å². The van der Waals surface area contributed by atoms with Crippen LogP contribution in [0.1, 0.15) is 2.85 Å². The molecule has 0 aliphatic carbocycles. The van der Waals surface area contributed by atoms with Gasteiger partial charge >= 0.3 is 10.1 Å². The molecule has 0 bridgehead atoms. The maximum atomic E-state index is 0. The molecule has 0 saturated carbocycles. The molecule has 0 N–H and O–H groups in total. The molecule has 0 aliphatic heterocycles. The minimum atomic E-state index is 0. The van der Waals surface area contributed by atoms with E-state index >= 15 is 0 Å². The summed E-state index contributed by atoms with van der Waals surface area (Å²) < 4.78 is 0. The van der Waals surface area contributed by atoms with Crippen LogP contribution in [0.5, 0.6) is 0 Å². The zero-order valence-corrected chi connectivity index (χ0v) is 5.25. The van der Waals surface area contributed by atoms with Crippen molar-refractivity contribution in [3.05, 3.63) is 0 Å². The standard InChI is InChI=1S/Be.2Cu.Ti.2H/q+2;;;;2*-1. The predicted molar refractivity (Wildman–Crippen MR) is 7.98 cm³/mol. The summed E-state index contributed by atoms with van der Waals surface area (Å²) in [5, 5.41) is 0. The SMILES string of the molecule is [Be+2].[Cu].[Cu].[H-].[H-].[Ti]. The van der Waals surface area contributed by atoms with Gasteiger partial charge in [0, 0.05) is 55.9 Å². The van der Waals surface area contributed by atoms with Crippen LogP contribution in [-0.2, 0) is 55.9 Å². The third-order valence-electron chi connectivity index (χ3n) is 0. The van der Waals surface area contributed by atoms with Gasteiger partial charge in [0.25, 0.3) is 0 Å². The second-order valence-corrected chi connectivity index (χ2v) is 0. The van der Waals surface area contributed by atoms with Crippen molar-refractivity contribution in [1.29, 1.82) is 0 Å². The number of hydrogen-bond acceptors (Lipinski definition) is 0. The van der Waals surface area contributed by atoms with Gasteiger partial charge in [-0.15, -0.1) is 0 Å². The quantitative estimate of drug-likeness (QED) is 0.461. The van der Waals surface area contributed by atoms with Gasteiger partial charge in [0.05, 0.1) is 0 Å². The molecule has 30 valence electrons. The van der Waals surface area contributed by atoms with Crippen molar-refractivity contribution >= 4 is 10.1 Å². The average Bonchev–Trinajstić information content (AvgIpc) is 0. The van der Waals surface area contributed by atoms with Gasteiger partial charge in [-0.3, -0.25) is 0 Å². The van der Waals surface area contributed by atoms with Crippen molar-refractivity contribution in [3.8, 4) is 0 Å². The molecule has 0 unspecified atom stereocenters. The van der Waals surface area contributed by atoms with Gasteiger partial charge in [-0.25, -0.2) is 0 Å². The van der Waals surface area contributed by atoms with Gasteiger partial charge in [0.1, 0.15) is 0 Å². The van der Waals surface area contributed by atoms with Gasteiger partial charge < -0.3 is 2.85 Å². The zero-order valence-electron chi connectivity index (χ0n) is 3.81. The number of rotatable bonds is 0. The molecule has 0 atom stereocenters. The summed E-state index contributed by atoms with van der Waals surface area (Å²) in [6, 6.07) is 0. The summed E-state index contributed by atoms with van der Waals surface area (Å²) in [4.78, 5) is 0. The third kappa shape index (κ3) is 9.06. The molecular weight excluding hydrogens is 184 g/mol. The van der Waals surface area contributed by atoms with E-state index < -0.39 is 0 Å². The summed E-state index contributed by atoms with van der Waals surface area (Å²) in [5.74, 6) is 0. The maximum Gasteiger partial charge on any atom is 2.00 e. The zero-order chi connectivity index (χ0) is 0. The molecule has 0 rings (SSSR count). The predicted octanol–water partition coefficient (Wildman–Crippen LogP) is -0.163. The van der Waals surface area contributed by atoms with E-state index in [2.05, 4.69) is 0 Å². The smallest absolute Gasteiger partial charge is 1.00 e. The van der Waals surface area contributed by atoms with Crippen molar-refractivity contribution in [1.82, 2.24) is 0 Å². The monoisotopic (exact) mass is 185 g/mol. The normalized spacial score (nSPS) is 0. The summed E-state index contributed by atoms with van der Waals surface area (Å²) in [7, 11) is 0. The Morgan fingerprint density at radius 2 is 1.00 bits per heavy atom. The van der Waals surface area contributed by atoms with E-state index in [1.54, 1.807) is 0 Å². The molecule has 4 heavy (non-hydrogen) atoms.